The average molecular weight is 1160 g/mol. The molecule has 0 aromatic rings. The van der Waals surface area contributed by atoms with Crippen molar-refractivity contribution in [2.45, 2.75) is 205 Å². The Hall–Kier alpha value is -3.20. The van der Waals surface area contributed by atoms with Crippen LogP contribution in [0.5, 0.6) is 0 Å². The number of aliphatic hydroxyl groups is 17. The van der Waals surface area contributed by atoms with Crippen LogP contribution in [0.4, 0.5) is 0 Å². The Morgan fingerprint density at radius 3 is 1.18 bits per heavy atom. The lowest BCUT2D eigenvalue weighted by Gasteiger charge is -2.49. The zero-order chi connectivity index (χ0) is 58.9. The number of hydrogen-bond acceptors (Lipinski definition) is 31. The molecule has 0 saturated carbocycles. The van der Waals surface area contributed by atoms with E-state index in [0.29, 0.717) is 0 Å². The van der Waals surface area contributed by atoms with E-state index in [4.69, 9.17) is 47.4 Å². The monoisotopic (exact) mass is 1160 g/mol. The molecule has 79 heavy (non-hydrogen) atoms. The van der Waals surface area contributed by atoms with Gasteiger partial charge >= 0.3 is 0 Å². The molecule has 35 heteroatoms. The van der Waals surface area contributed by atoms with Gasteiger partial charge in [-0.15, -0.1) is 0 Å². The van der Waals surface area contributed by atoms with Crippen LogP contribution < -0.4 is 21.3 Å². The summed E-state index contributed by atoms with van der Waals surface area (Å²) in [6, 6.07) is -6.47. The quantitative estimate of drug-likeness (QED) is 0.0427. The van der Waals surface area contributed by atoms with Crippen molar-refractivity contribution in [3.05, 3.63) is 0 Å². The Labute approximate surface area is 449 Å². The van der Waals surface area contributed by atoms with Crippen molar-refractivity contribution in [2.75, 3.05) is 46.2 Å². The zero-order valence-corrected chi connectivity index (χ0v) is 43.0. The van der Waals surface area contributed by atoms with Crippen LogP contribution in [0.3, 0.4) is 0 Å². The van der Waals surface area contributed by atoms with Gasteiger partial charge in [-0.05, 0) is 0 Å². The predicted octanol–water partition coefficient (Wildman–Crippen LogP) is -13.9. The van der Waals surface area contributed by atoms with Crippen molar-refractivity contribution >= 4 is 23.6 Å². The first-order valence-corrected chi connectivity index (χ1v) is 25.0. The van der Waals surface area contributed by atoms with Gasteiger partial charge in [0.05, 0.1) is 52.3 Å². The first-order valence-electron chi connectivity index (χ1n) is 25.0. The number of hydrogen-bond donors (Lipinski definition) is 21. The second-order valence-corrected chi connectivity index (χ2v) is 19.5. The molecule has 29 atom stereocenters. The highest BCUT2D eigenvalue weighted by molar-refractivity contribution is 5.74. The lowest BCUT2D eigenvalue weighted by Crippen LogP contribution is -2.69. The van der Waals surface area contributed by atoms with Crippen molar-refractivity contribution in [1.29, 1.82) is 0 Å². The smallest absolute Gasteiger partial charge is 0.217 e. The van der Waals surface area contributed by atoms with Gasteiger partial charge < -0.3 is 155 Å². The fraction of sp³-hybridized carbons (Fsp3) is 0.909. The lowest BCUT2D eigenvalue weighted by molar-refractivity contribution is -0.368. The highest BCUT2D eigenvalue weighted by Gasteiger charge is 2.56. The van der Waals surface area contributed by atoms with E-state index in [9.17, 15) is 106 Å². The van der Waals surface area contributed by atoms with Gasteiger partial charge in [-0.1, -0.05) is 0 Å². The molecule has 35 nitrogen and oxygen atoms in total. The van der Waals surface area contributed by atoms with E-state index in [1.165, 1.54) is 0 Å². The molecular weight excluding hydrogens is 1080 g/mol. The predicted molar refractivity (Wildman–Crippen MR) is 248 cm³/mol. The third-order valence-corrected chi connectivity index (χ3v) is 13.7. The minimum atomic E-state index is -2.30. The van der Waals surface area contributed by atoms with Crippen LogP contribution in [-0.2, 0) is 66.5 Å². The SMILES string of the molecule is CC(=O)N[C@H]1[C@H](OC[C@@H](O)[C@H](O)[C@H](O[C@@H]2O[C@H](CO)[C@H](O[C@H]3O[C@H](CO)[C@@H](O)[C@H](O)[C@H]3NC(C)=O)[C@H](O)[C@H]2O)[C@H](CO)NC(C)=O)O[C@H](CO)[C@@H](O[C@@H]2O[C@H](CO)[C@H](O[C@@H]3O[C@H](CO)[C@@H](O)[C@H](O)[C@H]3NC(C)=O)[C@H](O)[C@H]2O)[C@@H]1O. The third kappa shape index (κ3) is 15.9. The minimum absolute atomic E-state index is 0.724. The molecule has 0 aromatic heterocycles. The molecule has 0 unspecified atom stereocenters. The van der Waals surface area contributed by atoms with Crippen molar-refractivity contribution in [3.8, 4) is 0 Å². The summed E-state index contributed by atoms with van der Waals surface area (Å²) in [6.45, 7) is -2.71. The molecule has 21 N–H and O–H groups in total. The van der Waals surface area contributed by atoms with E-state index in [1.54, 1.807) is 0 Å². The molecule has 0 aliphatic carbocycles. The Morgan fingerprint density at radius 2 is 0.785 bits per heavy atom. The molecule has 0 radical (unpaired) electrons. The van der Waals surface area contributed by atoms with Crippen LogP contribution in [0.25, 0.3) is 0 Å². The molecule has 5 fully saturated rings. The van der Waals surface area contributed by atoms with Crippen LogP contribution >= 0.6 is 0 Å². The van der Waals surface area contributed by atoms with Gasteiger partial charge in [0, 0.05) is 27.7 Å². The van der Waals surface area contributed by atoms with Gasteiger partial charge in [0.25, 0.3) is 0 Å². The first-order chi connectivity index (χ1) is 37.3. The zero-order valence-electron chi connectivity index (χ0n) is 43.0. The highest BCUT2D eigenvalue weighted by Crippen LogP contribution is 2.35. The number of nitrogens with one attached hydrogen (secondary N) is 4. The fourth-order valence-corrected chi connectivity index (χ4v) is 9.64. The number of rotatable bonds is 24. The Kier molecular flexibility index (Phi) is 25.2. The maximum absolute atomic E-state index is 12.5. The van der Waals surface area contributed by atoms with Gasteiger partial charge in [-0.3, -0.25) is 19.2 Å². The average Bonchev–Trinajstić information content (AvgIpc) is 3.44. The van der Waals surface area contributed by atoms with Crippen molar-refractivity contribution in [2.24, 2.45) is 0 Å². The van der Waals surface area contributed by atoms with E-state index in [0.717, 1.165) is 27.7 Å². The van der Waals surface area contributed by atoms with E-state index in [-0.39, 0.29) is 0 Å². The highest BCUT2D eigenvalue weighted by atomic mass is 16.8. The largest absolute Gasteiger partial charge is 0.394 e. The molecular formula is C44H76N4O31. The summed E-state index contributed by atoms with van der Waals surface area (Å²) in [5.41, 5.74) is 0. The molecule has 4 amide bonds. The molecule has 458 valence electrons. The summed E-state index contributed by atoms with van der Waals surface area (Å²) in [6.07, 6.45) is -47.1. The van der Waals surface area contributed by atoms with Crippen molar-refractivity contribution in [3.63, 3.8) is 0 Å². The standard InChI is InChI=1S/C44H76N4O31/c1-12(55)45-16(5-49)36(76-43-34(68)32(66)38(21(9-53)74-43)77-41-23(46-13(2)56)29(63)27(61)18(6-50)71-41)26(60)17(59)11-70-40-25(48-15(4)58)31(65)37(20(8-52)73-40)79-44-35(69)33(67)39(22(10-54)75-44)78-42-24(47-14(3)57)30(64)28(62)19(7-51)72-42/h16-44,49-54,59-69H,5-11H2,1-4H3,(H,45,55)(H,46,56)(H,47,57)(H,48,58)/t16-,17+,18+,19+,20+,21+,22+,23+,24+,25+,26-,27+,28+,29+,30+,31+,32+,33+,34+,35+,36+,37+,38-,39-,40+,41+,42-,43-,44-/m0/s1. The minimum Gasteiger partial charge on any atom is -0.394 e. The van der Waals surface area contributed by atoms with Crippen LogP contribution in [0.2, 0.25) is 0 Å². The van der Waals surface area contributed by atoms with Gasteiger partial charge in [-0.25, -0.2) is 0 Å². The molecule has 5 saturated heterocycles. The Bertz CT molecular complexity index is 1940. The fourth-order valence-electron chi connectivity index (χ4n) is 9.64. The molecule has 0 spiro atoms. The summed E-state index contributed by atoms with van der Waals surface area (Å²) in [5.74, 6) is -3.12. The van der Waals surface area contributed by atoms with Crippen molar-refractivity contribution < 1.29 is 153 Å². The van der Waals surface area contributed by atoms with E-state index in [2.05, 4.69) is 21.3 Å². The maximum atomic E-state index is 12.5. The summed E-state index contributed by atoms with van der Waals surface area (Å²) in [7, 11) is 0. The van der Waals surface area contributed by atoms with Crippen LogP contribution in [0.1, 0.15) is 27.7 Å². The van der Waals surface area contributed by atoms with Crippen LogP contribution in [0.15, 0.2) is 0 Å². The van der Waals surface area contributed by atoms with E-state index in [1.807, 2.05) is 0 Å². The third-order valence-electron chi connectivity index (χ3n) is 13.7. The maximum Gasteiger partial charge on any atom is 0.217 e. The number of ether oxygens (including phenoxy) is 10. The molecule has 5 heterocycles. The normalized spacial score (nSPS) is 42.5. The summed E-state index contributed by atoms with van der Waals surface area (Å²) < 4.78 is 57.2. The lowest BCUT2D eigenvalue weighted by atomic mass is 9.94. The summed E-state index contributed by atoms with van der Waals surface area (Å²) >= 11 is 0. The van der Waals surface area contributed by atoms with Crippen LogP contribution in [-0.4, -0.2) is 334 Å². The molecule has 0 bridgehead atoms. The second kappa shape index (κ2) is 29.9. The van der Waals surface area contributed by atoms with E-state index >= 15 is 0 Å². The summed E-state index contributed by atoms with van der Waals surface area (Å²) in [4.78, 5) is 48.7. The number of aliphatic hydroxyl groups excluding tert-OH is 17. The molecule has 5 aliphatic rings. The molecule has 5 aliphatic heterocycles. The number of amides is 4. The van der Waals surface area contributed by atoms with Gasteiger partial charge in [0.15, 0.2) is 31.5 Å². The first kappa shape index (κ1) is 66.6. The Morgan fingerprint density at radius 1 is 0.430 bits per heavy atom. The van der Waals surface area contributed by atoms with Crippen molar-refractivity contribution in [1.82, 2.24) is 21.3 Å². The Balaban J connectivity index is 1.30. The van der Waals surface area contributed by atoms with Crippen LogP contribution in [0, 0.1) is 0 Å². The topological polar surface area (TPSA) is 553 Å². The van der Waals surface area contributed by atoms with Gasteiger partial charge in [0.2, 0.25) is 23.6 Å². The van der Waals surface area contributed by atoms with E-state index < -0.39 is 248 Å². The summed E-state index contributed by atoms with van der Waals surface area (Å²) in [5, 5.41) is 192. The molecule has 0 aromatic carbocycles. The van der Waals surface area contributed by atoms with Gasteiger partial charge in [0.1, 0.15) is 140 Å². The number of carbonyl (C=O) groups is 4. The number of carbonyl (C=O) groups excluding carboxylic acids is 4. The molecule has 5 rings (SSSR count). The second-order valence-electron chi connectivity index (χ2n) is 19.5. The van der Waals surface area contributed by atoms with Gasteiger partial charge in [-0.2, -0.15) is 0 Å².